The number of hydrogen-bond donors (Lipinski definition) is 2. The van der Waals surface area contributed by atoms with Crippen molar-refractivity contribution in [3.8, 4) is 0 Å². The number of nitrogens with one attached hydrogen (secondary N) is 1. The molecule has 0 bridgehead atoms. The van der Waals surface area contributed by atoms with E-state index in [4.69, 9.17) is 4.55 Å². The highest BCUT2D eigenvalue weighted by molar-refractivity contribution is 7.74. The molecule has 0 aliphatic heterocycles. The van der Waals surface area contributed by atoms with E-state index in [0.29, 0.717) is 12.1 Å². The van der Waals surface area contributed by atoms with E-state index in [9.17, 15) is 4.21 Å². The predicted molar refractivity (Wildman–Crippen MR) is 56.2 cm³/mol. The summed E-state index contributed by atoms with van der Waals surface area (Å²) in [6.45, 7) is 3.44. The smallest absolute Gasteiger partial charge is 0.301 e. The van der Waals surface area contributed by atoms with Crippen LogP contribution >= 0.6 is 0 Å². The van der Waals surface area contributed by atoms with E-state index in [0.717, 1.165) is 13.0 Å². The average molecular weight is 221 g/mol. The van der Waals surface area contributed by atoms with E-state index in [-0.39, 0.29) is 0 Å². The zero-order valence-electron chi connectivity index (χ0n) is 8.62. The lowest BCUT2D eigenvalue weighted by atomic mass is 10.0. The summed E-state index contributed by atoms with van der Waals surface area (Å²) in [5, 5.41) is 3.47. The zero-order valence-corrected chi connectivity index (χ0v) is 9.44. The first kappa shape index (κ1) is 12.1. The van der Waals surface area contributed by atoms with Crippen LogP contribution in [0.5, 0.6) is 0 Å². The summed E-state index contributed by atoms with van der Waals surface area (Å²) >= 11 is -2.11. The molecule has 1 aliphatic carbocycles. The summed E-state index contributed by atoms with van der Waals surface area (Å²) in [5.41, 5.74) is 0.290. The van der Waals surface area contributed by atoms with Crippen LogP contribution in [-0.4, -0.2) is 27.5 Å². The molecule has 0 amide bonds. The van der Waals surface area contributed by atoms with E-state index >= 15 is 0 Å². The summed E-state index contributed by atoms with van der Waals surface area (Å²) in [5.74, 6) is 0. The average Bonchev–Trinajstić information content (AvgIpc) is 2.51. The molecule has 1 unspecified atom stereocenters. The highest BCUT2D eigenvalue weighted by Gasteiger charge is 2.27. The van der Waals surface area contributed by atoms with Crippen LogP contribution in [0.3, 0.4) is 0 Å². The Kier molecular flexibility index (Phi) is 5.01. The third-order valence-electron chi connectivity index (χ3n) is 2.76. The van der Waals surface area contributed by atoms with Gasteiger partial charge in [-0.3, -0.25) is 8.74 Å². The van der Waals surface area contributed by atoms with Crippen molar-refractivity contribution in [1.29, 1.82) is 0 Å². The highest BCUT2D eigenvalue weighted by atomic mass is 32.2. The first-order valence-electron chi connectivity index (χ1n) is 5.12. The molecule has 1 rings (SSSR count). The summed E-state index contributed by atoms with van der Waals surface area (Å²) < 4.78 is 23.0. The Hall–Kier alpha value is 0.0300. The van der Waals surface area contributed by atoms with Gasteiger partial charge in [0.05, 0.1) is 6.61 Å². The molecule has 14 heavy (non-hydrogen) atoms. The fourth-order valence-corrected chi connectivity index (χ4v) is 2.19. The highest BCUT2D eigenvalue weighted by Crippen LogP contribution is 2.28. The van der Waals surface area contributed by atoms with Crippen LogP contribution in [0.25, 0.3) is 0 Å². The summed E-state index contributed by atoms with van der Waals surface area (Å²) in [4.78, 5) is 0. The first-order valence-corrected chi connectivity index (χ1v) is 6.15. The second-order valence-corrected chi connectivity index (χ2v) is 4.76. The van der Waals surface area contributed by atoms with Gasteiger partial charge in [0.15, 0.2) is 0 Å². The summed E-state index contributed by atoms with van der Waals surface area (Å²) in [6.07, 6.45) is 5.86. The van der Waals surface area contributed by atoms with Crippen LogP contribution in [0.2, 0.25) is 0 Å². The van der Waals surface area contributed by atoms with E-state index in [2.05, 4.69) is 16.4 Å². The molecule has 4 nitrogen and oxygen atoms in total. The van der Waals surface area contributed by atoms with Crippen molar-refractivity contribution in [2.75, 3.05) is 13.2 Å². The molecule has 0 aromatic heterocycles. The number of hydrogen-bond acceptors (Lipinski definition) is 3. The molecule has 0 aromatic carbocycles. The normalized spacial score (nSPS) is 22.4. The van der Waals surface area contributed by atoms with E-state index in [1.165, 1.54) is 25.7 Å². The Bertz CT molecular complexity index is 192. The summed E-state index contributed by atoms with van der Waals surface area (Å²) in [6, 6.07) is 0. The molecule has 0 aromatic rings. The number of rotatable bonds is 6. The maximum atomic E-state index is 10.2. The van der Waals surface area contributed by atoms with Crippen LogP contribution in [0.15, 0.2) is 0 Å². The molecule has 2 N–H and O–H groups in total. The summed E-state index contributed by atoms with van der Waals surface area (Å²) in [7, 11) is 0. The van der Waals surface area contributed by atoms with Crippen LogP contribution in [0.1, 0.15) is 39.0 Å². The Balaban J connectivity index is 2.00. The Labute approximate surface area is 87.9 Å². The first-order chi connectivity index (χ1) is 6.62. The monoisotopic (exact) mass is 221 g/mol. The lowest BCUT2D eigenvalue weighted by Gasteiger charge is -2.25. The van der Waals surface area contributed by atoms with Gasteiger partial charge in [-0.25, -0.2) is 0 Å². The van der Waals surface area contributed by atoms with Crippen molar-refractivity contribution in [2.45, 2.75) is 44.6 Å². The van der Waals surface area contributed by atoms with Gasteiger partial charge in [-0.2, -0.15) is 4.21 Å². The largest absolute Gasteiger partial charge is 0.311 e. The Morgan fingerprint density at radius 2 is 2.14 bits per heavy atom. The van der Waals surface area contributed by atoms with E-state index < -0.39 is 11.4 Å². The maximum Gasteiger partial charge on any atom is 0.301 e. The van der Waals surface area contributed by atoms with Crippen molar-refractivity contribution in [3.05, 3.63) is 0 Å². The minimum atomic E-state index is -2.11. The predicted octanol–water partition coefficient (Wildman–Crippen LogP) is 1.45. The molecule has 5 heteroatoms. The third-order valence-corrected chi connectivity index (χ3v) is 3.13. The third kappa shape index (κ3) is 4.50. The lowest BCUT2D eigenvalue weighted by Crippen LogP contribution is -2.40. The standard InChI is InChI=1S/C9H19NO3S/c1-9(5-2-3-6-9)10-7-4-8-13-14(11)12/h10H,2-8H2,1H3,(H,11,12). The lowest BCUT2D eigenvalue weighted by molar-refractivity contribution is 0.285. The van der Waals surface area contributed by atoms with Gasteiger partial charge in [0, 0.05) is 5.54 Å². The van der Waals surface area contributed by atoms with E-state index in [1.54, 1.807) is 0 Å². The van der Waals surface area contributed by atoms with Crippen molar-refractivity contribution in [2.24, 2.45) is 0 Å². The van der Waals surface area contributed by atoms with Crippen molar-refractivity contribution >= 4 is 11.4 Å². The van der Waals surface area contributed by atoms with Gasteiger partial charge in [-0.15, -0.1) is 0 Å². The molecular weight excluding hydrogens is 202 g/mol. The minimum absolute atomic E-state index is 0.290. The molecule has 84 valence electrons. The topological polar surface area (TPSA) is 58.6 Å². The van der Waals surface area contributed by atoms with Gasteiger partial charge in [0.25, 0.3) is 0 Å². The van der Waals surface area contributed by atoms with Crippen LogP contribution in [0.4, 0.5) is 0 Å². The zero-order chi connectivity index (χ0) is 10.4. The van der Waals surface area contributed by atoms with Crippen molar-refractivity contribution < 1.29 is 12.9 Å². The molecular formula is C9H19NO3S. The molecule has 1 fully saturated rings. The fourth-order valence-electron chi connectivity index (χ4n) is 1.92. The quantitative estimate of drug-likeness (QED) is 0.526. The molecule has 1 atom stereocenters. The molecule has 0 radical (unpaired) electrons. The molecule has 0 saturated heterocycles. The molecule has 0 heterocycles. The van der Waals surface area contributed by atoms with Gasteiger partial charge in [0.1, 0.15) is 0 Å². The van der Waals surface area contributed by atoms with Crippen LogP contribution in [-0.2, 0) is 15.5 Å². The van der Waals surface area contributed by atoms with Gasteiger partial charge in [0.2, 0.25) is 0 Å². The van der Waals surface area contributed by atoms with Crippen LogP contribution in [0, 0.1) is 0 Å². The van der Waals surface area contributed by atoms with Crippen LogP contribution < -0.4 is 5.32 Å². The second kappa shape index (κ2) is 5.80. The van der Waals surface area contributed by atoms with Gasteiger partial charge < -0.3 is 5.32 Å². The maximum absolute atomic E-state index is 10.2. The van der Waals surface area contributed by atoms with Gasteiger partial charge in [-0.1, -0.05) is 12.8 Å². The van der Waals surface area contributed by atoms with Gasteiger partial charge in [-0.05, 0) is 32.7 Å². The Morgan fingerprint density at radius 1 is 1.50 bits per heavy atom. The van der Waals surface area contributed by atoms with Crippen molar-refractivity contribution in [1.82, 2.24) is 5.32 Å². The Morgan fingerprint density at radius 3 is 2.71 bits per heavy atom. The SMILES string of the molecule is CC1(NCCCOS(=O)O)CCCC1. The minimum Gasteiger partial charge on any atom is -0.311 e. The second-order valence-electron chi connectivity index (χ2n) is 4.09. The van der Waals surface area contributed by atoms with Gasteiger partial charge >= 0.3 is 11.4 Å². The molecule has 1 saturated carbocycles. The molecule has 0 spiro atoms. The molecule has 1 aliphatic rings. The van der Waals surface area contributed by atoms with E-state index in [1.807, 2.05) is 0 Å². The van der Waals surface area contributed by atoms with Crippen molar-refractivity contribution in [3.63, 3.8) is 0 Å². The fraction of sp³-hybridized carbons (Fsp3) is 1.00.